The fourth-order valence-electron chi connectivity index (χ4n) is 4.82. The first-order valence-corrected chi connectivity index (χ1v) is 11.1. The Morgan fingerprint density at radius 1 is 0.758 bits per heavy atom. The van der Waals surface area contributed by atoms with Crippen LogP contribution in [0.15, 0.2) is 46.2 Å². The van der Waals surface area contributed by atoms with E-state index in [1.54, 1.807) is 31.3 Å². The Labute approximate surface area is 189 Å². The molecule has 2 amide bonds. The van der Waals surface area contributed by atoms with Gasteiger partial charge in [-0.3, -0.25) is 19.2 Å². The van der Waals surface area contributed by atoms with Crippen molar-refractivity contribution >= 4 is 11.8 Å². The second-order valence-corrected chi connectivity index (χ2v) is 8.83. The zero-order chi connectivity index (χ0) is 23.3. The molecule has 0 aromatic carbocycles. The molecule has 4 aliphatic rings. The Kier molecular flexibility index (Phi) is 5.41. The first kappa shape index (κ1) is 21.6. The van der Waals surface area contributed by atoms with E-state index in [0.717, 1.165) is 6.42 Å². The lowest BCUT2D eigenvalue weighted by Gasteiger charge is -2.44. The SMILES string of the molecule is C[C@@H]1CCO[C@H]2Cn3ccc(=O)cc3C(=O)N12.C[C@H]1CO[C@@H]2Cn3ccc(=O)cc3C(=O)N12. The normalized spacial score (nSPS) is 27.7. The molecule has 0 bridgehead atoms. The predicted molar refractivity (Wildman–Crippen MR) is 117 cm³/mol. The zero-order valence-electron chi connectivity index (χ0n) is 18.5. The quantitative estimate of drug-likeness (QED) is 0.574. The number of hydrogen-bond acceptors (Lipinski definition) is 6. The molecule has 2 aromatic rings. The standard InChI is InChI=1S/C12H14N2O3.C11H12N2O3/c1-8-3-5-17-11-7-13-4-2-9(15)6-10(13)12(16)14(8)11;1-7-6-16-10-5-12-3-2-8(14)4-9(12)11(15)13(7)10/h2,4,6,8,11H,3,5,7H2,1H3;2-4,7,10H,5-6H2,1H3/t8-,11+;7-,10+/m10/s1. The minimum Gasteiger partial charge on any atom is -0.356 e. The summed E-state index contributed by atoms with van der Waals surface area (Å²) in [5.41, 5.74) is 0.659. The molecule has 174 valence electrons. The number of aromatic nitrogens is 2. The van der Waals surface area contributed by atoms with E-state index < -0.39 is 0 Å². The predicted octanol–water partition coefficient (Wildman–Crippen LogP) is 0.488. The van der Waals surface area contributed by atoms with Crippen LogP contribution in [0.25, 0.3) is 0 Å². The Balaban J connectivity index is 0.000000139. The first-order chi connectivity index (χ1) is 15.8. The molecule has 10 heteroatoms. The van der Waals surface area contributed by atoms with E-state index >= 15 is 0 Å². The van der Waals surface area contributed by atoms with Crippen molar-refractivity contribution in [3.63, 3.8) is 0 Å². The van der Waals surface area contributed by atoms with E-state index in [1.165, 1.54) is 24.3 Å². The Morgan fingerprint density at radius 2 is 1.27 bits per heavy atom. The van der Waals surface area contributed by atoms with Gasteiger partial charge in [0.25, 0.3) is 11.8 Å². The average Bonchev–Trinajstić information content (AvgIpc) is 3.16. The molecule has 4 aliphatic heterocycles. The molecular formula is C23H26N4O6. The van der Waals surface area contributed by atoms with Crippen molar-refractivity contribution in [2.45, 2.75) is 57.9 Å². The monoisotopic (exact) mass is 454 g/mol. The molecule has 4 atom stereocenters. The van der Waals surface area contributed by atoms with Gasteiger partial charge in [0.15, 0.2) is 23.3 Å². The number of rotatable bonds is 0. The number of fused-ring (bicyclic) bond motifs is 4. The lowest BCUT2D eigenvalue weighted by Crippen LogP contribution is -2.56. The minimum atomic E-state index is -0.193. The summed E-state index contributed by atoms with van der Waals surface area (Å²) in [6.45, 7) is 6.43. The summed E-state index contributed by atoms with van der Waals surface area (Å²) in [6, 6.07) is 5.99. The largest absolute Gasteiger partial charge is 0.356 e. The van der Waals surface area contributed by atoms with Gasteiger partial charge in [0.2, 0.25) is 0 Å². The van der Waals surface area contributed by atoms with Crippen molar-refractivity contribution in [3.05, 3.63) is 68.5 Å². The van der Waals surface area contributed by atoms with Crippen LogP contribution in [0.3, 0.4) is 0 Å². The molecule has 6 rings (SSSR count). The number of carbonyl (C=O) groups excluding carboxylic acids is 2. The molecule has 2 saturated heterocycles. The van der Waals surface area contributed by atoms with Crippen molar-refractivity contribution < 1.29 is 19.1 Å². The van der Waals surface area contributed by atoms with E-state index in [-0.39, 0.29) is 47.2 Å². The van der Waals surface area contributed by atoms with E-state index in [9.17, 15) is 19.2 Å². The van der Waals surface area contributed by atoms with Gasteiger partial charge < -0.3 is 28.4 Å². The molecule has 0 radical (unpaired) electrons. The highest BCUT2D eigenvalue weighted by atomic mass is 16.5. The van der Waals surface area contributed by atoms with Gasteiger partial charge in [0, 0.05) is 42.7 Å². The Hall–Kier alpha value is -3.24. The third kappa shape index (κ3) is 3.79. The van der Waals surface area contributed by atoms with E-state index in [4.69, 9.17) is 9.47 Å². The molecular weight excluding hydrogens is 428 g/mol. The molecule has 6 heterocycles. The summed E-state index contributed by atoms with van der Waals surface area (Å²) in [5, 5.41) is 0. The van der Waals surface area contributed by atoms with Crippen LogP contribution in [-0.2, 0) is 22.6 Å². The molecule has 2 fully saturated rings. The summed E-state index contributed by atoms with van der Waals surface area (Å²) in [7, 11) is 0. The van der Waals surface area contributed by atoms with E-state index in [2.05, 4.69) is 0 Å². The van der Waals surface area contributed by atoms with E-state index in [0.29, 0.717) is 37.7 Å². The Bertz CT molecular complexity index is 1220. The van der Waals surface area contributed by atoms with Crippen molar-refractivity contribution in [3.8, 4) is 0 Å². The number of ether oxygens (including phenoxy) is 2. The third-order valence-electron chi connectivity index (χ3n) is 6.57. The van der Waals surface area contributed by atoms with Gasteiger partial charge >= 0.3 is 0 Å². The summed E-state index contributed by atoms with van der Waals surface area (Å²) < 4.78 is 14.7. The third-order valence-corrected chi connectivity index (χ3v) is 6.57. The summed E-state index contributed by atoms with van der Waals surface area (Å²) in [6.07, 6.45) is 3.78. The highest BCUT2D eigenvalue weighted by Gasteiger charge is 2.40. The van der Waals surface area contributed by atoms with Crippen LogP contribution >= 0.6 is 0 Å². The van der Waals surface area contributed by atoms with Gasteiger partial charge in [0.1, 0.15) is 11.4 Å². The fraction of sp³-hybridized carbons (Fsp3) is 0.478. The number of amides is 2. The summed E-state index contributed by atoms with van der Waals surface area (Å²) in [4.78, 5) is 50.5. The maximum Gasteiger partial charge on any atom is 0.273 e. The maximum atomic E-state index is 12.3. The van der Waals surface area contributed by atoms with Gasteiger partial charge in [-0.15, -0.1) is 0 Å². The van der Waals surface area contributed by atoms with Crippen molar-refractivity contribution in [1.29, 1.82) is 0 Å². The molecule has 0 unspecified atom stereocenters. The fourth-order valence-corrected chi connectivity index (χ4v) is 4.82. The molecule has 10 nitrogen and oxygen atoms in total. The topological polar surface area (TPSA) is 103 Å². The number of carbonyl (C=O) groups is 2. The van der Waals surface area contributed by atoms with Gasteiger partial charge in [-0.1, -0.05) is 0 Å². The second kappa shape index (κ2) is 8.27. The van der Waals surface area contributed by atoms with Crippen LogP contribution in [-0.4, -0.2) is 68.5 Å². The molecule has 0 spiro atoms. The van der Waals surface area contributed by atoms with Crippen LogP contribution in [0.4, 0.5) is 0 Å². The molecule has 33 heavy (non-hydrogen) atoms. The Morgan fingerprint density at radius 3 is 1.85 bits per heavy atom. The average molecular weight is 454 g/mol. The van der Waals surface area contributed by atoms with Crippen LogP contribution in [0.1, 0.15) is 41.2 Å². The molecule has 0 aliphatic carbocycles. The van der Waals surface area contributed by atoms with E-state index in [1.807, 2.05) is 13.8 Å². The van der Waals surface area contributed by atoms with Crippen LogP contribution in [0, 0.1) is 0 Å². The minimum absolute atomic E-state index is 0.0848. The summed E-state index contributed by atoms with van der Waals surface area (Å²) >= 11 is 0. The van der Waals surface area contributed by atoms with Crippen molar-refractivity contribution in [1.82, 2.24) is 18.9 Å². The summed E-state index contributed by atoms with van der Waals surface area (Å²) in [5.74, 6) is -0.217. The number of pyridine rings is 2. The van der Waals surface area contributed by atoms with Crippen LogP contribution < -0.4 is 10.9 Å². The first-order valence-electron chi connectivity index (χ1n) is 11.1. The molecule has 0 saturated carbocycles. The number of hydrogen-bond donors (Lipinski definition) is 0. The van der Waals surface area contributed by atoms with Crippen LogP contribution in [0.2, 0.25) is 0 Å². The molecule has 0 N–H and O–H groups in total. The van der Waals surface area contributed by atoms with Crippen LogP contribution in [0.5, 0.6) is 0 Å². The zero-order valence-corrected chi connectivity index (χ0v) is 18.5. The number of nitrogens with zero attached hydrogens (tertiary/aromatic N) is 4. The van der Waals surface area contributed by atoms with Crippen molar-refractivity contribution in [2.24, 2.45) is 0 Å². The smallest absolute Gasteiger partial charge is 0.273 e. The van der Waals surface area contributed by atoms with Crippen molar-refractivity contribution in [2.75, 3.05) is 13.2 Å². The second-order valence-electron chi connectivity index (χ2n) is 8.83. The van der Waals surface area contributed by atoms with Gasteiger partial charge in [-0.05, 0) is 20.3 Å². The van der Waals surface area contributed by atoms with Gasteiger partial charge in [0.05, 0.1) is 32.3 Å². The lowest BCUT2D eigenvalue weighted by molar-refractivity contribution is -0.112. The highest BCUT2D eigenvalue weighted by molar-refractivity contribution is 5.94. The lowest BCUT2D eigenvalue weighted by atomic mass is 10.1. The molecule has 2 aromatic heterocycles. The van der Waals surface area contributed by atoms with Gasteiger partial charge in [-0.25, -0.2) is 0 Å². The maximum absolute atomic E-state index is 12.3. The highest BCUT2D eigenvalue weighted by Crippen LogP contribution is 2.26. The van der Waals surface area contributed by atoms with Gasteiger partial charge in [-0.2, -0.15) is 0 Å².